The molecule has 0 spiro atoms. The molecular weight excluding hydrogens is 180 g/mol. The number of hydrogen-bond acceptors (Lipinski definition) is 5. The second kappa shape index (κ2) is 3.96. The first-order chi connectivity index (χ1) is 6.51. The smallest absolute Gasteiger partial charge is 0.265 e. The van der Waals surface area contributed by atoms with Gasteiger partial charge in [0.2, 0.25) is 5.89 Å². The SMILES string of the molecule is CCN(C)c1noc(C(C)(C)CN)n1. The summed E-state index contributed by atoms with van der Waals surface area (Å²) in [5.41, 5.74) is 5.36. The Morgan fingerprint density at radius 1 is 1.50 bits per heavy atom. The van der Waals surface area contributed by atoms with Crippen molar-refractivity contribution in [2.75, 3.05) is 25.0 Å². The molecule has 0 fully saturated rings. The van der Waals surface area contributed by atoms with Gasteiger partial charge in [0.05, 0.1) is 5.41 Å². The molecule has 0 amide bonds. The number of nitrogens with two attached hydrogens (primary N) is 1. The Hall–Kier alpha value is -1.10. The summed E-state index contributed by atoms with van der Waals surface area (Å²) < 4.78 is 5.16. The van der Waals surface area contributed by atoms with Crippen molar-refractivity contribution in [3.05, 3.63) is 5.89 Å². The number of nitrogens with zero attached hydrogens (tertiary/aromatic N) is 3. The summed E-state index contributed by atoms with van der Waals surface area (Å²) in [6, 6.07) is 0. The van der Waals surface area contributed by atoms with Crippen LogP contribution in [0.4, 0.5) is 5.95 Å². The average Bonchev–Trinajstić information content (AvgIpc) is 2.66. The zero-order valence-electron chi connectivity index (χ0n) is 9.24. The maximum atomic E-state index is 5.61. The van der Waals surface area contributed by atoms with E-state index < -0.39 is 0 Å². The molecular formula is C9H18N4O. The highest BCUT2D eigenvalue weighted by molar-refractivity contribution is 5.26. The van der Waals surface area contributed by atoms with Gasteiger partial charge in [0.25, 0.3) is 5.95 Å². The van der Waals surface area contributed by atoms with Crippen LogP contribution in [0.5, 0.6) is 0 Å². The van der Waals surface area contributed by atoms with Crippen molar-refractivity contribution in [1.29, 1.82) is 0 Å². The lowest BCUT2D eigenvalue weighted by atomic mass is 9.94. The van der Waals surface area contributed by atoms with Gasteiger partial charge in [0.15, 0.2) is 0 Å². The van der Waals surface area contributed by atoms with Crippen LogP contribution in [-0.4, -0.2) is 30.3 Å². The predicted octanol–water partition coefficient (Wildman–Crippen LogP) is 0.762. The molecule has 0 aliphatic carbocycles. The van der Waals surface area contributed by atoms with Crippen LogP contribution in [0.25, 0.3) is 0 Å². The van der Waals surface area contributed by atoms with Crippen molar-refractivity contribution in [2.45, 2.75) is 26.2 Å². The van der Waals surface area contributed by atoms with Gasteiger partial charge in [-0.05, 0) is 25.9 Å². The van der Waals surface area contributed by atoms with Crippen molar-refractivity contribution in [2.24, 2.45) is 5.73 Å². The fraction of sp³-hybridized carbons (Fsp3) is 0.778. The highest BCUT2D eigenvalue weighted by Crippen LogP contribution is 2.21. The summed E-state index contributed by atoms with van der Waals surface area (Å²) in [7, 11) is 1.92. The van der Waals surface area contributed by atoms with E-state index in [-0.39, 0.29) is 5.41 Å². The molecule has 1 rings (SSSR count). The van der Waals surface area contributed by atoms with Gasteiger partial charge < -0.3 is 15.2 Å². The van der Waals surface area contributed by atoms with Crippen LogP contribution in [0.1, 0.15) is 26.7 Å². The number of aromatic nitrogens is 2. The van der Waals surface area contributed by atoms with Crippen LogP contribution >= 0.6 is 0 Å². The molecule has 0 aliphatic rings. The van der Waals surface area contributed by atoms with Gasteiger partial charge in [-0.15, -0.1) is 0 Å². The van der Waals surface area contributed by atoms with E-state index in [1.165, 1.54) is 0 Å². The first-order valence-electron chi connectivity index (χ1n) is 4.76. The van der Waals surface area contributed by atoms with E-state index in [1.807, 2.05) is 32.7 Å². The van der Waals surface area contributed by atoms with Crippen molar-refractivity contribution in [3.63, 3.8) is 0 Å². The van der Waals surface area contributed by atoms with E-state index in [4.69, 9.17) is 10.3 Å². The van der Waals surface area contributed by atoms with Crippen LogP contribution in [0.3, 0.4) is 0 Å². The van der Waals surface area contributed by atoms with E-state index in [1.54, 1.807) is 0 Å². The molecule has 0 unspecified atom stereocenters. The van der Waals surface area contributed by atoms with Crippen molar-refractivity contribution in [3.8, 4) is 0 Å². The zero-order chi connectivity index (χ0) is 10.8. The molecule has 5 nitrogen and oxygen atoms in total. The lowest BCUT2D eigenvalue weighted by Crippen LogP contribution is -2.28. The maximum Gasteiger partial charge on any atom is 0.265 e. The lowest BCUT2D eigenvalue weighted by molar-refractivity contribution is 0.311. The molecule has 1 heterocycles. The van der Waals surface area contributed by atoms with Gasteiger partial charge >= 0.3 is 0 Å². The van der Waals surface area contributed by atoms with E-state index in [2.05, 4.69) is 10.1 Å². The normalized spacial score (nSPS) is 11.8. The summed E-state index contributed by atoms with van der Waals surface area (Å²) >= 11 is 0. The predicted molar refractivity (Wildman–Crippen MR) is 55.3 cm³/mol. The molecule has 0 saturated heterocycles. The quantitative estimate of drug-likeness (QED) is 0.773. The lowest BCUT2D eigenvalue weighted by Gasteiger charge is -2.16. The van der Waals surface area contributed by atoms with Gasteiger partial charge in [0.1, 0.15) is 0 Å². The molecule has 0 radical (unpaired) electrons. The van der Waals surface area contributed by atoms with Crippen molar-refractivity contribution < 1.29 is 4.52 Å². The van der Waals surface area contributed by atoms with Gasteiger partial charge in [-0.1, -0.05) is 0 Å². The average molecular weight is 198 g/mol. The first-order valence-corrected chi connectivity index (χ1v) is 4.76. The monoisotopic (exact) mass is 198 g/mol. The molecule has 1 aromatic heterocycles. The molecule has 5 heteroatoms. The van der Waals surface area contributed by atoms with Crippen molar-refractivity contribution >= 4 is 5.95 Å². The summed E-state index contributed by atoms with van der Waals surface area (Å²) in [5.74, 6) is 1.21. The Morgan fingerprint density at radius 2 is 2.14 bits per heavy atom. The topological polar surface area (TPSA) is 68.2 Å². The molecule has 0 saturated carbocycles. The minimum absolute atomic E-state index is 0.250. The first kappa shape index (κ1) is 11.0. The third-order valence-electron chi connectivity index (χ3n) is 2.32. The van der Waals surface area contributed by atoms with Gasteiger partial charge in [-0.25, -0.2) is 0 Å². The fourth-order valence-corrected chi connectivity index (χ4v) is 0.874. The van der Waals surface area contributed by atoms with Crippen LogP contribution in [0.2, 0.25) is 0 Å². The number of anilines is 1. The summed E-state index contributed by atoms with van der Waals surface area (Å²) in [5, 5.41) is 3.89. The Morgan fingerprint density at radius 3 is 2.64 bits per heavy atom. The second-order valence-corrected chi connectivity index (χ2v) is 4.00. The Bertz CT molecular complexity index is 295. The molecule has 1 aromatic rings. The highest BCUT2D eigenvalue weighted by Gasteiger charge is 2.26. The highest BCUT2D eigenvalue weighted by atomic mass is 16.5. The van der Waals surface area contributed by atoms with Gasteiger partial charge in [0, 0.05) is 20.1 Å². The molecule has 0 atom stereocenters. The molecule has 0 bridgehead atoms. The van der Waals surface area contributed by atoms with Crippen LogP contribution in [0, 0.1) is 0 Å². The molecule has 2 N–H and O–H groups in total. The third-order valence-corrected chi connectivity index (χ3v) is 2.32. The van der Waals surface area contributed by atoms with Gasteiger partial charge in [-0.2, -0.15) is 4.98 Å². The Kier molecular flexibility index (Phi) is 3.10. The molecule has 0 aromatic carbocycles. The van der Waals surface area contributed by atoms with Crippen LogP contribution in [-0.2, 0) is 5.41 Å². The van der Waals surface area contributed by atoms with E-state index in [0.717, 1.165) is 6.54 Å². The summed E-state index contributed by atoms with van der Waals surface area (Å²) in [6.45, 7) is 7.34. The standard InChI is InChI=1S/C9H18N4O/c1-5-13(4)8-11-7(14-12-8)9(2,3)6-10/h5-6,10H2,1-4H3. The Balaban J connectivity index is 2.88. The number of hydrogen-bond donors (Lipinski definition) is 1. The minimum Gasteiger partial charge on any atom is -0.342 e. The maximum absolute atomic E-state index is 5.61. The summed E-state index contributed by atoms with van der Waals surface area (Å²) in [4.78, 5) is 6.21. The van der Waals surface area contributed by atoms with Crippen LogP contribution in [0.15, 0.2) is 4.52 Å². The molecule has 14 heavy (non-hydrogen) atoms. The fourth-order valence-electron chi connectivity index (χ4n) is 0.874. The molecule has 80 valence electrons. The van der Waals surface area contributed by atoms with E-state index >= 15 is 0 Å². The second-order valence-electron chi connectivity index (χ2n) is 4.00. The van der Waals surface area contributed by atoms with E-state index in [9.17, 15) is 0 Å². The largest absolute Gasteiger partial charge is 0.342 e. The number of rotatable bonds is 4. The van der Waals surface area contributed by atoms with Crippen molar-refractivity contribution in [1.82, 2.24) is 10.1 Å². The van der Waals surface area contributed by atoms with Gasteiger partial charge in [-0.3, -0.25) is 0 Å². The minimum atomic E-state index is -0.250. The summed E-state index contributed by atoms with van der Waals surface area (Å²) in [6.07, 6.45) is 0. The van der Waals surface area contributed by atoms with Crippen LogP contribution < -0.4 is 10.6 Å². The third kappa shape index (κ3) is 2.04. The molecule has 0 aliphatic heterocycles. The Labute approximate surface area is 84.3 Å². The van der Waals surface area contributed by atoms with E-state index in [0.29, 0.717) is 18.4 Å². The zero-order valence-corrected chi connectivity index (χ0v) is 9.24.